The molecular weight excluding hydrogens is 220 g/mol. The molecule has 0 saturated heterocycles. The minimum Gasteiger partial charge on any atom is -0.463 e. The Bertz CT molecular complexity index is 311. The first-order valence-corrected chi connectivity index (χ1v) is 5.65. The molecule has 0 aliphatic rings. The van der Waals surface area contributed by atoms with E-state index >= 15 is 0 Å². The van der Waals surface area contributed by atoms with E-state index in [4.69, 9.17) is 9.47 Å². The summed E-state index contributed by atoms with van der Waals surface area (Å²) in [7, 11) is 0. The second-order valence-electron chi connectivity index (χ2n) is 3.67. The van der Waals surface area contributed by atoms with Crippen LogP contribution in [0.4, 0.5) is 0 Å². The number of carbonyl (C=O) groups is 2. The van der Waals surface area contributed by atoms with Gasteiger partial charge in [0.1, 0.15) is 0 Å². The van der Waals surface area contributed by atoms with E-state index in [2.05, 4.69) is 6.58 Å². The van der Waals surface area contributed by atoms with E-state index < -0.39 is 5.97 Å². The highest BCUT2D eigenvalue weighted by atomic mass is 16.5. The molecule has 4 heteroatoms. The molecular formula is C13H20O4. The largest absolute Gasteiger partial charge is 0.463 e. The lowest BCUT2D eigenvalue weighted by Crippen LogP contribution is -2.10. The molecule has 0 heterocycles. The molecule has 0 atom stereocenters. The summed E-state index contributed by atoms with van der Waals surface area (Å²) in [6.45, 7) is 9.43. The fourth-order valence-corrected chi connectivity index (χ4v) is 1.26. The summed E-state index contributed by atoms with van der Waals surface area (Å²) >= 11 is 0. The van der Waals surface area contributed by atoms with Gasteiger partial charge in [0.15, 0.2) is 0 Å². The Balaban J connectivity index is 4.13. The second-order valence-corrected chi connectivity index (χ2v) is 3.67. The minimum atomic E-state index is -0.445. The molecule has 0 aromatic rings. The summed E-state index contributed by atoms with van der Waals surface area (Å²) in [5.41, 5.74) is 1.58. The SMILES string of the molecule is C=CC(=O)OCCCC(C(=O)OCC)=C(C)C. The van der Waals surface area contributed by atoms with E-state index in [1.54, 1.807) is 6.92 Å². The molecule has 0 aliphatic heterocycles. The van der Waals surface area contributed by atoms with Crippen molar-refractivity contribution in [2.75, 3.05) is 13.2 Å². The maximum atomic E-state index is 11.6. The van der Waals surface area contributed by atoms with Crippen LogP contribution in [-0.4, -0.2) is 25.2 Å². The standard InChI is InChI=1S/C13H20O4/c1-5-12(14)17-9-7-8-11(10(3)4)13(15)16-6-2/h5H,1,6-9H2,2-4H3. The molecule has 0 unspecified atom stereocenters. The summed E-state index contributed by atoms with van der Waals surface area (Å²) in [4.78, 5) is 22.3. The van der Waals surface area contributed by atoms with Crippen molar-refractivity contribution in [3.63, 3.8) is 0 Å². The zero-order chi connectivity index (χ0) is 13.3. The molecule has 0 aliphatic carbocycles. The van der Waals surface area contributed by atoms with Crippen molar-refractivity contribution in [2.45, 2.75) is 33.6 Å². The smallest absolute Gasteiger partial charge is 0.333 e. The number of hydrogen-bond acceptors (Lipinski definition) is 4. The lowest BCUT2D eigenvalue weighted by atomic mass is 10.1. The monoisotopic (exact) mass is 240 g/mol. The number of hydrogen-bond donors (Lipinski definition) is 0. The number of esters is 2. The van der Waals surface area contributed by atoms with Gasteiger partial charge in [-0.3, -0.25) is 0 Å². The van der Waals surface area contributed by atoms with Gasteiger partial charge in [0.25, 0.3) is 0 Å². The number of allylic oxidation sites excluding steroid dienone is 1. The summed E-state index contributed by atoms with van der Waals surface area (Å²) in [6, 6.07) is 0. The van der Waals surface area contributed by atoms with E-state index in [0.29, 0.717) is 25.0 Å². The van der Waals surface area contributed by atoms with Crippen molar-refractivity contribution in [1.82, 2.24) is 0 Å². The van der Waals surface area contributed by atoms with Crippen LogP contribution in [0.15, 0.2) is 23.8 Å². The zero-order valence-electron chi connectivity index (χ0n) is 10.7. The van der Waals surface area contributed by atoms with Crippen molar-refractivity contribution in [1.29, 1.82) is 0 Å². The predicted octanol–water partition coefficient (Wildman–Crippen LogP) is 2.40. The van der Waals surface area contributed by atoms with Crippen LogP contribution in [0.3, 0.4) is 0 Å². The maximum absolute atomic E-state index is 11.6. The van der Waals surface area contributed by atoms with Gasteiger partial charge in [0.05, 0.1) is 13.2 Å². The number of ether oxygens (including phenoxy) is 2. The molecule has 0 amide bonds. The van der Waals surface area contributed by atoms with Crippen molar-refractivity contribution < 1.29 is 19.1 Å². The second kappa shape index (κ2) is 8.56. The van der Waals surface area contributed by atoms with Crippen LogP contribution in [0.2, 0.25) is 0 Å². The van der Waals surface area contributed by atoms with Crippen molar-refractivity contribution >= 4 is 11.9 Å². The molecule has 0 fully saturated rings. The Kier molecular flexibility index (Phi) is 7.76. The molecule has 0 aromatic heterocycles. The molecule has 17 heavy (non-hydrogen) atoms. The van der Waals surface area contributed by atoms with Crippen molar-refractivity contribution in [3.05, 3.63) is 23.8 Å². The van der Waals surface area contributed by atoms with Gasteiger partial charge >= 0.3 is 11.9 Å². The van der Waals surface area contributed by atoms with Crippen molar-refractivity contribution in [3.8, 4) is 0 Å². The molecule has 0 spiro atoms. The fraction of sp³-hybridized carbons (Fsp3) is 0.538. The van der Waals surface area contributed by atoms with Gasteiger partial charge in [-0.2, -0.15) is 0 Å². The topological polar surface area (TPSA) is 52.6 Å². The molecule has 0 rings (SSSR count). The van der Waals surface area contributed by atoms with Gasteiger partial charge in [-0.15, -0.1) is 0 Å². The van der Waals surface area contributed by atoms with Crippen LogP contribution >= 0.6 is 0 Å². The maximum Gasteiger partial charge on any atom is 0.333 e. The van der Waals surface area contributed by atoms with Gasteiger partial charge in [-0.05, 0) is 33.6 Å². The van der Waals surface area contributed by atoms with Crippen LogP contribution in [-0.2, 0) is 19.1 Å². The first-order valence-electron chi connectivity index (χ1n) is 5.65. The summed E-state index contributed by atoms with van der Waals surface area (Å²) in [6.07, 6.45) is 2.26. The Morgan fingerprint density at radius 2 is 1.88 bits per heavy atom. The Morgan fingerprint density at radius 3 is 2.35 bits per heavy atom. The molecule has 0 radical (unpaired) electrons. The number of carbonyl (C=O) groups excluding carboxylic acids is 2. The summed E-state index contributed by atoms with van der Waals surface area (Å²) in [5, 5.41) is 0. The quantitative estimate of drug-likeness (QED) is 0.389. The van der Waals surface area contributed by atoms with Crippen LogP contribution in [0.25, 0.3) is 0 Å². The number of rotatable bonds is 7. The lowest BCUT2D eigenvalue weighted by molar-refractivity contribution is -0.138. The average molecular weight is 240 g/mol. The predicted molar refractivity (Wildman–Crippen MR) is 65.4 cm³/mol. The minimum absolute atomic E-state index is 0.279. The lowest BCUT2D eigenvalue weighted by Gasteiger charge is -2.09. The highest BCUT2D eigenvalue weighted by Gasteiger charge is 2.12. The van der Waals surface area contributed by atoms with E-state index in [1.165, 1.54) is 0 Å². The average Bonchev–Trinajstić information content (AvgIpc) is 2.28. The first kappa shape index (κ1) is 15.4. The molecule has 96 valence electrons. The highest BCUT2D eigenvalue weighted by molar-refractivity contribution is 5.89. The zero-order valence-corrected chi connectivity index (χ0v) is 10.7. The van der Waals surface area contributed by atoms with Gasteiger partial charge in [0.2, 0.25) is 0 Å². The van der Waals surface area contributed by atoms with Crippen LogP contribution in [0.5, 0.6) is 0 Å². The molecule has 4 nitrogen and oxygen atoms in total. The van der Waals surface area contributed by atoms with Gasteiger partial charge in [-0.25, -0.2) is 9.59 Å². The van der Waals surface area contributed by atoms with Crippen LogP contribution in [0.1, 0.15) is 33.6 Å². The van der Waals surface area contributed by atoms with Gasteiger partial charge in [-0.1, -0.05) is 12.2 Å². The molecule has 0 bridgehead atoms. The van der Waals surface area contributed by atoms with Crippen molar-refractivity contribution in [2.24, 2.45) is 0 Å². The van der Waals surface area contributed by atoms with E-state index in [-0.39, 0.29) is 12.6 Å². The van der Waals surface area contributed by atoms with Gasteiger partial charge in [0, 0.05) is 11.6 Å². The molecule has 0 saturated carbocycles. The third-order valence-electron chi connectivity index (χ3n) is 2.11. The summed E-state index contributed by atoms with van der Waals surface area (Å²) in [5.74, 6) is -0.734. The van der Waals surface area contributed by atoms with E-state index in [0.717, 1.165) is 11.6 Å². The first-order chi connectivity index (χ1) is 8.02. The molecule has 0 N–H and O–H groups in total. The fourth-order valence-electron chi connectivity index (χ4n) is 1.26. The Hall–Kier alpha value is -1.58. The third kappa shape index (κ3) is 6.56. The van der Waals surface area contributed by atoms with Crippen LogP contribution < -0.4 is 0 Å². The Labute approximate surface area is 102 Å². The van der Waals surface area contributed by atoms with E-state index in [9.17, 15) is 9.59 Å². The molecule has 0 aromatic carbocycles. The highest BCUT2D eigenvalue weighted by Crippen LogP contribution is 2.13. The van der Waals surface area contributed by atoms with Crippen LogP contribution in [0, 0.1) is 0 Å². The summed E-state index contributed by atoms with van der Waals surface area (Å²) < 4.78 is 9.77. The third-order valence-corrected chi connectivity index (χ3v) is 2.11. The van der Waals surface area contributed by atoms with Gasteiger partial charge < -0.3 is 9.47 Å². The normalized spacial score (nSPS) is 9.35. The Morgan fingerprint density at radius 1 is 1.24 bits per heavy atom. The van der Waals surface area contributed by atoms with E-state index in [1.807, 2.05) is 13.8 Å².